The lowest BCUT2D eigenvalue weighted by atomic mass is 9.98. The summed E-state index contributed by atoms with van der Waals surface area (Å²) in [4.78, 5) is 29.0. The van der Waals surface area contributed by atoms with Gasteiger partial charge in [-0.2, -0.15) is 0 Å². The highest BCUT2D eigenvalue weighted by Gasteiger charge is 2.34. The Morgan fingerprint density at radius 1 is 1.03 bits per heavy atom. The summed E-state index contributed by atoms with van der Waals surface area (Å²) in [5.74, 6) is -0.856. The summed E-state index contributed by atoms with van der Waals surface area (Å²) in [6, 6.07) is 22.6. The minimum absolute atomic E-state index is 0.132. The van der Waals surface area contributed by atoms with Crippen LogP contribution in [0, 0.1) is 12.7 Å². The van der Waals surface area contributed by atoms with Gasteiger partial charge in [0.15, 0.2) is 0 Å². The van der Waals surface area contributed by atoms with E-state index in [4.69, 9.17) is 4.42 Å². The van der Waals surface area contributed by atoms with E-state index in [1.54, 1.807) is 36.4 Å². The fraction of sp³-hybridized carbons (Fsp3) is 0.143. The first-order chi connectivity index (χ1) is 18.0. The number of aryl methyl sites for hydroxylation is 1. The molecule has 1 atom stereocenters. The van der Waals surface area contributed by atoms with E-state index in [0.29, 0.717) is 22.4 Å². The standard InChI is InChI=1S/C28H24FN5O3/c1-19-8-2-3-12-23(19)27(28(36)30-17-22-11-7-15-37-22)34(21-10-6-9-20(29)16-21)26(35)18-33-25-14-5-4-13-24(25)31-32-33/h2-16,27H,17-18H2,1H3,(H,30,36)/t27-/m1/s1. The van der Waals surface area contributed by atoms with Crippen molar-refractivity contribution in [3.8, 4) is 0 Å². The number of benzene rings is 3. The van der Waals surface area contributed by atoms with Gasteiger partial charge in [0.1, 0.15) is 29.7 Å². The second-order valence-corrected chi connectivity index (χ2v) is 8.54. The minimum atomic E-state index is -1.08. The number of nitrogens with zero attached hydrogens (tertiary/aromatic N) is 4. The highest BCUT2D eigenvalue weighted by Crippen LogP contribution is 2.31. The molecule has 1 N–H and O–H groups in total. The van der Waals surface area contributed by atoms with Gasteiger partial charge in [-0.3, -0.25) is 14.5 Å². The molecule has 0 bridgehead atoms. The van der Waals surface area contributed by atoms with Crippen molar-refractivity contribution in [2.45, 2.75) is 26.1 Å². The number of nitrogens with one attached hydrogen (secondary N) is 1. The van der Waals surface area contributed by atoms with Crippen LogP contribution < -0.4 is 10.2 Å². The lowest BCUT2D eigenvalue weighted by Gasteiger charge is -2.32. The Morgan fingerprint density at radius 3 is 2.62 bits per heavy atom. The van der Waals surface area contributed by atoms with Gasteiger partial charge < -0.3 is 9.73 Å². The number of halogens is 1. The number of para-hydroxylation sites is 1. The van der Waals surface area contributed by atoms with Gasteiger partial charge in [-0.25, -0.2) is 9.07 Å². The van der Waals surface area contributed by atoms with Gasteiger partial charge in [0.2, 0.25) is 11.8 Å². The number of fused-ring (bicyclic) bond motifs is 1. The summed E-state index contributed by atoms with van der Waals surface area (Å²) in [6.07, 6.45) is 1.52. The lowest BCUT2D eigenvalue weighted by molar-refractivity contribution is -0.127. The van der Waals surface area contributed by atoms with E-state index in [1.807, 2.05) is 37.3 Å². The number of carbonyl (C=O) groups is 2. The van der Waals surface area contributed by atoms with Crippen molar-refractivity contribution < 1.29 is 18.4 Å². The quantitative estimate of drug-likeness (QED) is 0.339. The van der Waals surface area contributed by atoms with E-state index >= 15 is 0 Å². The molecule has 37 heavy (non-hydrogen) atoms. The van der Waals surface area contributed by atoms with Crippen LogP contribution in [0.2, 0.25) is 0 Å². The van der Waals surface area contributed by atoms with Crippen LogP contribution in [0.3, 0.4) is 0 Å². The van der Waals surface area contributed by atoms with E-state index < -0.39 is 23.7 Å². The number of hydrogen-bond donors (Lipinski definition) is 1. The number of aromatic nitrogens is 3. The molecular formula is C28H24FN5O3. The molecular weight excluding hydrogens is 473 g/mol. The van der Waals surface area contributed by atoms with Crippen LogP contribution in [0.15, 0.2) is 95.6 Å². The van der Waals surface area contributed by atoms with E-state index in [1.165, 1.54) is 34.0 Å². The van der Waals surface area contributed by atoms with E-state index in [9.17, 15) is 14.0 Å². The predicted octanol–water partition coefficient (Wildman–Crippen LogP) is 4.56. The zero-order chi connectivity index (χ0) is 25.8. The van der Waals surface area contributed by atoms with Crippen molar-refractivity contribution in [2.75, 3.05) is 4.90 Å². The molecule has 2 aromatic heterocycles. The summed E-state index contributed by atoms with van der Waals surface area (Å²) in [5.41, 5.74) is 2.97. The number of amides is 2. The first-order valence-electron chi connectivity index (χ1n) is 11.7. The Balaban J connectivity index is 1.57. The smallest absolute Gasteiger partial charge is 0.249 e. The normalized spacial score (nSPS) is 11.8. The monoisotopic (exact) mass is 497 g/mol. The summed E-state index contributed by atoms with van der Waals surface area (Å²) >= 11 is 0. The van der Waals surface area contributed by atoms with Crippen molar-refractivity contribution in [1.82, 2.24) is 20.3 Å². The fourth-order valence-electron chi connectivity index (χ4n) is 4.28. The average Bonchev–Trinajstić information content (AvgIpc) is 3.57. The first-order valence-corrected chi connectivity index (χ1v) is 11.7. The molecule has 186 valence electrons. The molecule has 8 nitrogen and oxygen atoms in total. The minimum Gasteiger partial charge on any atom is -0.467 e. The number of rotatable bonds is 8. The lowest BCUT2D eigenvalue weighted by Crippen LogP contribution is -2.45. The van der Waals surface area contributed by atoms with Crippen LogP contribution in [0.5, 0.6) is 0 Å². The third kappa shape index (κ3) is 5.11. The third-order valence-electron chi connectivity index (χ3n) is 6.07. The van der Waals surface area contributed by atoms with Crippen LogP contribution in [0.25, 0.3) is 11.0 Å². The van der Waals surface area contributed by atoms with E-state index in [0.717, 1.165) is 5.56 Å². The molecule has 2 heterocycles. The highest BCUT2D eigenvalue weighted by atomic mass is 19.1. The van der Waals surface area contributed by atoms with Gasteiger partial charge in [-0.05, 0) is 60.5 Å². The first kappa shape index (κ1) is 23.9. The molecule has 5 aromatic rings. The largest absolute Gasteiger partial charge is 0.467 e. The van der Waals surface area contributed by atoms with E-state index in [2.05, 4.69) is 15.6 Å². The van der Waals surface area contributed by atoms with Crippen molar-refractivity contribution in [2.24, 2.45) is 0 Å². The zero-order valence-corrected chi connectivity index (χ0v) is 20.0. The Morgan fingerprint density at radius 2 is 1.84 bits per heavy atom. The molecule has 0 aliphatic carbocycles. The average molecular weight is 498 g/mol. The van der Waals surface area contributed by atoms with Crippen LogP contribution >= 0.6 is 0 Å². The zero-order valence-electron chi connectivity index (χ0n) is 20.0. The summed E-state index contributed by atoms with van der Waals surface area (Å²) < 4.78 is 21.2. The number of anilines is 1. The second kappa shape index (κ2) is 10.4. The highest BCUT2D eigenvalue weighted by molar-refractivity contribution is 6.01. The van der Waals surface area contributed by atoms with Gasteiger partial charge in [0.25, 0.3) is 0 Å². The summed E-state index contributed by atoms with van der Waals surface area (Å²) in [5, 5.41) is 11.1. The van der Waals surface area contributed by atoms with Gasteiger partial charge in [-0.15, -0.1) is 5.10 Å². The maximum atomic E-state index is 14.4. The Kier molecular flexibility index (Phi) is 6.76. The Bertz CT molecular complexity index is 1550. The van der Waals surface area contributed by atoms with Crippen molar-refractivity contribution in [3.05, 3.63) is 114 Å². The molecule has 3 aromatic carbocycles. The molecule has 0 aliphatic heterocycles. The van der Waals surface area contributed by atoms with Crippen molar-refractivity contribution in [3.63, 3.8) is 0 Å². The van der Waals surface area contributed by atoms with Crippen LogP contribution in [-0.4, -0.2) is 26.8 Å². The molecule has 0 radical (unpaired) electrons. The molecule has 0 unspecified atom stereocenters. The van der Waals surface area contributed by atoms with Gasteiger partial charge in [0, 0.05) is 5.69 Å². The van der Waals surface area contributed by atoms with Gasteiger partial charge in [0.05, 0.1) is 18.3 Å². The summed E-state index contributed by atoms with van der Waals surface area (Å²) in [6.45, 7) is 1.79. The van der Waals surface area contributed by atoms with Gasteiger partial charge in [-0.1, -0.05) is 47.7 Å². The Labute approximate surface area is 212 Å². The number of furan rings is 1. The second-order valence-electron chi connectivity index (χ2n) is 8.54. The fourth-order valence-corrected chi connectivity index (χ4v) is 4.28. The molecule has 0 saturated heterocycles. The molecule has 0 aliphatic rings. The van der Waals surface area contributed by atoms with Crippen LogP contribution in [-0.2, 0) is 22.7 Å². The molecule has 0 saturated carbocycles. The van der Waals surface area contributed by atoms with Crippen molar-refractivity contribution >= 4 is 28.5 Å². The molecule has 5 rings (SSSR count). The molecule has 9 heteroatoms. The Hall–Kier alpha value is -4.79. The topological polar surface area (TPSA) is 93.3 Å². The predicted molar refractivity (Wildman–Crippen MR) is 136 cm³/mol. The number of carbonyl (C=O) groups excluding carboxylic acids is 2. The van der Waals surface area contributed by atoms with Gasteiger partial charge >= 0.3 is 0 Å². The maximum Gasteiger partial charge on any atom is 0.249 e. The summed E-state index contributed by atoms with van der Waals surface area (Å²) in [7, 11) is 0. The molecule has 0 spiro atoms. The van der Waals surface area contributed by atoms with Crippen LogP contribution in [0.1, 0.15) is 22.9 Å². The van der Waals surface area contributed by atoms with Crippen LogP contribution in [0.4, 0.5) is 10.1 Å². The third-order valence-corrected chi connectivity index (χ3v) is 6.07. The molecule has 0 fully saturated rings. The SMILES string of the molecule is Cc1ccccc1[C@H](C(=O)NCc1ccco1)N(C(=O)Cn1nnc2ccccc21)c1cccc(F)c1. The molecule has 2 amide bonds. The van der Waals surface area contributed by atoms with E-state index in [-0.39, 0.29) is 18.8 Å². The van der Waals surface area contributed by atoms with Crippen molar-refractivity contribution in [1.29, 1.82) is 0 Å². The number of hydrogen-bond acceptors (Lipinski definition) is 5. The maximum absolute atomic E-state index is 14.4.